The molecule has 0 spiro atoms. The van der Waals surface area contributed by atoms with Gasteiger partial charge in [-0.25, -0.2) is 4.98 Å². The zero-order chi connectivity index (χ0) is 16.5. The van der Waals surface area contributed by atoms with Gasteiger partial charge in [-0.1, -0.05) is 6.07 Å². The molecule has 0 aliphatic heterocycles. The molecule has 0 saturated heterocycles. The fraction of sp³-hybridized carbons (Fsp3) is 0.389. The standard InChI is InChI=1S/C18H21N5O/c1-22(11-15-10-16(21-20-15)13-5-6-13)18(24)8-7-14-12-23-9-3-2-4-17(23)19-14/h2-4,9-10,12-13H,5-8,11H2,1H3,(H,20,21). The van der Waals surface area contributed by atoms with E-state index in [1.165, 1.54) is 12.8 Å². The number of aryl methyl sites for hydroxylation is 1. The lowest BCUT2D eigenvalue weighted by molar-refractivity contribution is -0.130. The van der Waals surface area contributed by atoms with Crippen molar-refractivity contribution in [3.05, 3.63) is 53.7 Å². The number of fused-ring (bicyclic) bond motifs is 1. The zero-order valence-corrected chi connectivity index (χ0v) is 13.8. The molecule has 0 atom stereocenters. The quantitative estimate of drug-likeness (QED) is 0.758. The number of nitrogens with one attached hydrogen (secondary N) is 1. The largest absolute Gasteiger partial charge is 0.340 e. The average Bonchev–Trinajstić information content (AvgIpc) is 3.18. The minimum absolute atomic E-state index is 0.120. The van der Waals surface area contributed by atoms with Crippen molar-refractivity contribution in [3.63, 3.8) is 0 Å². The van der Waals surface area contributed by atoms with E-state index in [-0.39, 0.29) is 5.91 Å². The summed E-state index contributed by atoms with van der Waals surface area (Å²) in [6.45, 7) is 0.573. The molecule has 1 aliphatic rings. The summed E-state index contributed by atoms with van der Waals surface area (Å²) in [7, 11) is 1.84. The van der Waals surface area contributed by atoms with Gasteiger partial charge in [0.05, 0.1) is 23.6 Å². The van der Waals surface area contributed by atoms with Crippen molar-refractivity contribution < 1.29 is 4.79 Å². The molecular weight excluding hydrogens is 302 g/mol. The molecule has 3 heterocycles. The summed E-state index contributed by atoms with van der Waals surface area (Å²) in [5.74, 6) is 0.751. The molecule has 1 amide bonds. The molecule has 1 N–H and O–H groups in total. The van der Waals surface area contributed by atoms with Gasteiger partial charge in [-0.15, -0.1) is 0 Å². The lowest BCUT2D eigenvalue weighted by Gasteiger charge is -2.15. The number of aromatic amines is 1. The number of imidazole rings is 1. The Hall–Kier alpha value is -2.63. The van der Waals surface area contributed by atoms with Crippen LogP contribution in [0.4, 0.5) is 0 Å². The van der Waals surface area contributed by atoms with Crippen molar-refractivity contribution in [3.8, 4) is 0 Å². The molecule has 0 bridgehead atoms. The molecule has 0 radical (unpaired) electrons. The number of hydrogen-bond donors (Lipinski definition) is 1. The van der Waals surface area contributed by atoms with E-state index in [2.05, 4.69) is 21.2 Å². The number of H-pyrrole nitrogens is 1. The van der Waals surface area contributed by atoms with E-state index < -0.39 is 0 Å². The number of carbonyl (C=O) groups excluding carboxylic acids is 1. The third-order valence-electron chi connectivity index (χ3n) is 4.49. The van der Waals surface area contributed by atoms with Crippen LogP contribution in [0.5, 0.6) is 0 Å². The van der Waals surface area contributed by atoms with E-state index in [9.17, 15) is 4.79 Å². The van der Waals surface area contributed by atoms with Crippen molar-refractivity contribution in [1.29, 1.82) is 0 Å². The van der Waals surface area contributed by atoms with Crippen LogP contribution in [-0.2, 0) is 17.8 Å². The first kappa shape index (κ1) is 14.9. The maximum Gasteiger partial charge on any atom is 0.223 e. The first-order valence-electron chi connectivity index (χ1n) is 8.40. The monoisotopic (exact) mass is 323 g/mol. The van der Waals surface area contributed by atoms with Crippen LogP contribution >= 0.6 is 0 Å². The van der Waals surface area contributed by atoms with Gasteiger partial charge in [0.25, 0.3) is 0 Å². The van der Waals surface area contributed by atoms with Crippen LogP contribution in [0.3, 0.4) is 0 Å². The minimum atomic E-state index is 0.120. The van der Waals surface area contributed by atoms with Crippen molar-refractivity contribution in [2.24, 2.45) is 0 Å². The minimum Gasteiger partial charge on any atom is -0.340 e. The van der Waals surface area contributed by atoms with E-state index in [1.54, 1.807) is 4.90 Å². The molecule has 1 saturated carbocycles. The van der Waals surface area contributed by atoms with Gasteiger partial charge in [-0.05, 0) is 37.5 Å². The number of amides is 1. The van der Waals surface area contributed by atoms with E-state index >= 15 is 0 Å². The maximum atomic E-state index is 12.3. The molecule has 0 aromatic carbocycles. The molecule has 6 heteroatoms. The Bertz CT molecular complexity index is 828. The molecule has 6 nitrogen and oxygen atoms in total. The highest BCUT2D eigenvalue weighted by Gasteiger charge is 2.26. The Balaban J connectivity index is 1.32. The van der Waals surface area contributed by atoms with Gasteiger partial charge in [0.1, 0.15) is 5.65 Å². The SMILES string of the molecule is CN(Cc1cc(C2CC2)n[nH]1)C(=O)CCc1cn2ccccc2n1. The van der Waals surface area contributed by atoms with E-state index in [0.29, 0.717) is 25.3 Å². The molecule has 1 aliphatic carbocycles. The van der Waals surface area contributed by atoms with Crippen molar-refractivity contribution in [2.45, 2.75) is 38.1 Å². The molecule has 3 aromatic rings. The Morgan fingerprint density at radius 3 is 3.08 bits per heavy atom. The summed E-state index contributed by atoms with van der Waals surface area (Å²) in [4.78, 5) is 18.6. The predicted molar refractivity (Wildman–Crippen MR) is 90.5 cm³/mol. The van der Waals surface area contributed by atoms with Crippen molar-refractivity contribution in [1.82, 2.24) is 24.5 Å². The second kappa shape index (κ2) is 6.11. The lowest BCUT2D eigenvalue weighted by atomic mass is 10.2. The Morgan fingerprint density at radius 1 is 1.42 bits per heavy atom. The number of rotatable bonds is 6. The first-order chi connectivity index (χ1) is 11.7. The van der Waals surface area contributed by atoms with E-state index in [0.717, 1.165) is 22.7 Å². The Kier molecular flexibility index (Phi) is 3.80. The van der Waals surface area contributed by atoms with Crippen LogP contribution < -0.4 is 0 Å². The predicted octanol–water partition coefficient (Wildman–Crippen LogP) is 2.53. The average molecular weight is 323 g/mol. The molecule has 4 rings (SSSR count). The Morgan fingerprint density at radius 2 is 2.29 bits per heavy atom. The second-order valence-electron chi connectivity index (χ2n) is 6.54. The first-order valence-corrected chi connectivity index (χ1v) is 8.40. The third kappa shape index (κ3) is 3.18. The molecule has 3 aromatic heterocycles. The summed E-state index contributed by atoms with van der Waals surface area (Å²) in [6.07, 6.45) is 7.54. The van der Waals surface area contributed by atoms with Gasteiger partial charge in [0.2, 0.25) is 5.91 Å². The number of nitrogens with zero attached hydrogens (tertiary/aromatic N) is 4. The number of hydrogen-bond acceptors (Lipinski definition) is 3. The number of carbonyl (C=O) groups is 1. The fourth-order valence-corrected chi connectivity index (χ4v) is 2.93. The summed E-state index contributed by atoms with van der Waals surface area (Å²) >= 11 is 0. The van der Waals surface area contributed by atoms with Crippen LogP contribution in [0.2, 0.25) is 0 Å². The van der Waals surface area contributed by atoms with Crippen LogP contribution in [0.1, 0.15) is 42.3 Å². The normalized spacial score (nSPS) is 14.2. The molecule has 24 heavy (non-hydrogen) atoms. The van der Waals surface area contributed by atoms with E-state index in [1.807, 2.05) is 42.0 Å². The maximum absolute atomic E-state index is 12.3. The highest BCUT2D eigenvalue weighted by molar-refractivity contribution is 5.76. The highest BCUT2D eigenvalue weighted by atomic mass is 16.2. The van der Waals surface area contributed by atoms with Crippen molar-refractivity contribution >= 4 is 11.6 Å². The van der Waals surface area contributed by atoms with Crippen LogP contribution in [0, 0.1) is 0 Å². The number of aromatic nitrogens is 4. The highest BCUT2D eigenvalue weighted by Crippen LogP contribution is 2.39. The van der Waals surface area contributed by atoms with Crippen molar-refractivity contribution in [2.75, 3.05) is 7.05 Å². The second-order valence-corrected chi connectivity index (χ2v) is 6.54. The fourth-order valence-electron chi connectivity index (χ4n) is 2.93. The van der Waals surface area contributed by atoms with Gasteiger partial charge in [-0.3, -0.25) is 9.89 Å². The zero-order valence-electron chi connectivity index (χ0n) is 13.8. The van der Waals surface area contributed by atoms with E-state index in [4.69, 9.17) is 0 Å². The van der Waals surface area contributed by atoms with Gasteiger partial charge in [0, 0.05) is 31.8 Å². The summed E-state index contributed by atoms with van der Waals surface area (Å²) in [6, 6.07) is 7.99. The number of pyridine rings is 1. The van der Waals surface area contributed by atoms with Crippen LogP contribution in [0.15, 0.2) is 36.7 Å². The van der Waals surface area contributed by atoms with Gasteiger partial charge >= 0.3 is 0 Å². The third-order valence-corrected chi connectivity index (χ3v) is 4.49. The lowest BCUT2D eigenvalue weighted by Crippen LogP contribution is -2.26. The molecular formula is C18H21N5O. The smallest absolute Gasteiger partial charge is 0.223 e. The van der Waals surface area contributed by atoms with Gasteiger partial charge < -0.3 is 9.30 Å². The Labute approximate surface area is 140 Å². The summed E-state index contributed by atoms with van der Waals surface area (Å²) in [5.41, 5.74) is 4.00. The van der Waals surface area contributed by atoms with Crippen LogP contribution in [0.25, 0.3) is 5.65 Å². The molecule has 1 fully saturated rings. The molecule has 124 valence electrons. The topological polar surface area (TPSA) is 66.3 Å². The van der Waals surface area contributed by atoms with Crippen LogP contribution in [-0.4, -0.2) is 37.4 Å². The summed E-state index contributed by atoms with van der Waals surface area (Å²) < 4.78 is 1.98. The summed E-state index contributed by atoms with van der Waals surface area (Å²) in [5, 5.41) is 7.38. The van der Waals surface area contributed by atoms with Gasteiger partial charge in [-0.2, -0.15) is 5.10 Å². The van der Waals surface area contributed by atoms with Gasteiger partial charge in [0.15, 0.2) is 0 Å². The molecule has 0 unspecified atom stereocenters.